The highest BCUT2D eigenvalue weighted by Crippen LogP contribution is 2.54. The van der Waals surface area contributed by atoms with E-state index in [2.05, 4.69) is 210 Å². The van der Waals surface area contributed by atoms with Crippen molar-refractivity contribution in [2.75, 3.05) is 0 Å². The van der Waals surface area contributed by atoms with E-state index in [1.165, 1.54) is 130 Å². The van der Waals surface area contributed by atoms with Gasteiger partial charge in [-0.05, 0) is 159 Å². The average Bonchev–Trinajstić information content (AvgIpc) is 3.84. The molecule has 1 aromatic heterocycles. The molecule has 0 bridgehead atoms. The molecule has 0 radical (unpaired) electrons. The van der Waals surface area contributed by atoms with Crippen molar-refractivity contribution in [2.24, 2.45) is 0 Å². The van der Waals surface area contributed by atoms with Crippen LogP contribution in [0.5, 0.6) is 0 Å². The van der Waals surface area contributed by atoms with Crippen LogP contribution < -0.4 is 0 Å². The zero-order valence-corrected chi connectivity index (χ0v) is 35.5. The topological polar surface area (TPSA) is 0 Å². The van der Waals surface area contributed by atoms with Gasteiger partial charge in [-0.25, -0.2) is 0 Å². The third-order valence-electron chi connectivity index (χ3n) is 14.4. The molecule has 0 aliphatic heterocycles. The third kappa shape index (κ3) is 4.87. The first-order valence-electron chi connectivity index (χ1n) is 21.6. The van der Waals surface area contributed by atoms with E-state index in [1.54, 1.807) is 0 Å². The fourth-order valence-corrected chi connectivity index (χ4v) is 12.5. The minimum Gasteiger partial charge on any atom is -0.135 e. The number of hydrogen-bond acceptors (Lipinski definition) is 1. The molecule has 0 N–H and O–H groups in total. The second kappa shape index (κ2) is 12.4. The molecule has 0 fully saturated rings. The van der Waals surface area contributed by atoms with E-state index in [9.17, 15) is 0 Å². The van der Waals surface area contributed by atoms with Gasteiger partial charge >= 0.3 is 0 Å². The molecule has 0 atom stereocenters. The second-order valence-corrected chi connectivity index (χ2v) is 19.5. The lowest BCUT2D eigenvalue weighted by molar-refractivity contribution is 0.660. The molecular weight excluding hydrogens is 753 g/mol. The smallest absolute Gasteiger partial charge is 0.0361 e. The molecule has 0 saturated heterocycles. The van der Waals surface area contributed by atoms with Gasteiger partial charge < -0.3 is 0 Å². The van der Waals surface area contributed by atoms with E-state index in [4.69, 9.17) is 0 Å². The predicted molar refractivity (Wildman–Crippen MR) is 263 cm³/mol. The van der Waals surface area contributed by atoms with E-state index in [0.29, 0.717) is 0 Å². The second-order valence-electron chi connectivity index (χ2n) is 18.4. The van der Waals surface area contributed by atoms with Gasteiger partial charge in [0.2, 0.25) is 0 Å². The maximum absolute atomic E-state index is 2.50. The van der Waals surface area contributed by atoms with E-state index in [-0.39, 0.29) is 10.8 Å². The van der Waals surface area contributed by atoms with Gasteiger partial charge in [-0.1, -0.05) is 161 Å². The van der Waals surface area contributed by atoms with Crippen LogP contribution in [-0.4, -0.2) is 0 Å². The van der Waals surface area contributed by atoms with Crippen molar-refractivity contribution in [3.05, 3.63) is 204 Å². The largest absolute Gasteiger partial charge is 0.135 e. The van der Waals surface area contributed by atoms with Crippen LogP contribution in [0, 0.1) is 0 Å². The fourth-order valence-electron chi connectivity index (χ4n) is 11.3. The Morgan fingerprint density at radius 2 is 0.787 bits per heavy atom. The third-order valence-corrected chi connectivity index (χ3v) is 15.6. The Kier molecular flexibility index (Phi) is 7.11. The first-order chi connectivity index (χ1) is 29.7. The Bertz CT molecular complexity index is 3630. The molecule has 288 valence electrons. The summed E-state index contributed by atoms with van der Waals surface area (Å²) in [5.41, 5.74) is 18.5. The quantitative estimate of drug-likeness (QED) is 0.156. The van der Waals surface area contributed by atoms with E-state index >= 15 is 0 Å². The SMILES string of the molecule is CC1(C)c2cc(-c3ccc4c(c3)-c3cc5cc6sc7ccccc7c6cc5cc3C4(C)C)ccc2-c2ccc(-c3c4ccccc4c(-c4ccccc4)c4ccccc34)cc21. The summed E-state index contributed by atoms with van der Waals surface area (Å²) in [5, 5.41) is 10.5. The monoisotopic (exact) mass is 794 g/mol. The van der Waals surface area contributed by atoms with Crippen LogP contribution in [0.2, 0.25) is 0 Å². The maximum atomic E-state index is 2.50. The van der Waals surface area contributed by atoms with E-state index < -0.39 is 0 Å². The van der Waals surface area contributed by atoms with Crippen LogP contribution >= 0.6 is 11.3 Å². The first-order valence-corrected chi connectivity index (χ1v) is 22.4. The number of rotatable bonds is 3. The van der Waals surface area contributed by atoms with Crippen LogP contribution in [-0.2, 0) is 10.8 Å². The first kappa shape index (κ1) is 35.0. The van der Waals surface area contributed by atoms with Gasteiger partial charge in [0, 0.05) is 31.0 Å². The summed E-state index contributed by atoms with van der Waals surface area (Å²) < 4.78 is 2.71. The lowest BCUT2D eigenvalue weighted by atomic mass is 9.79. The number of hydrogen-bond donors (Lipinski definition) is 0. The summed E-state index contributed by atoms with van der Waals surface area (Å²) in [6.45, 7) is 9.63. The molecule has 1 heterocycles. The lowest BCUT2D eigenvalue weighted by Gasteiger charge is -2.24. The molecule has 10 aromatic carbocycles. The molecule has 0 nitrogen and oxygen atoms in total. The standard InChI is InChI=1S/C60H42S/c1-59(2)51-27-24-36(28-48(51)49-29-40-34-56-50(30-39(40)33-54(49)59)43-16-12-13-21-55(43)61-56)37-22-25-41-42-26-23-38(32-53(42)60(3,4)52(41)31-37)58-46-19-10-8-17-44(46)57(35-14-6-5-7-15-35)45-18-9-11-20-47(45)58/h5-34H,1-4H3. The fraction of sp³-hybridized carbons (Fsp3) is 0.100. The Morgan fingerprint density at radius 3 is 1.48 bits per heavy atom. The van der Waals surface area contributed by atoms with Crippen molar-refractivity contribution in [1.82, 2.24) is 0 Å². The van der Waals surface area contributed by atoms with Crippen molar-refractivity contribution in [3.8, 4) is 55.6 Å². The molecule has 2 aliphatic carbocycles. The molecule has 0 saturated carbocycles. The summed E-state index contributed by atoms with van der Waals surface area (Å²) in [7, 11) is 0. The molecule has 61 heavy (non-hydrogen) atoms. The van der Waals surface area contributed by atoms with Crippen LogP contribution in [0.3, 0.4) is 0 Å². The Labute approximate surface area is 360 Å². The van der Waals surface area contributed by atoms with Crippen molar-refractivity contribution in [2.45, 2.75) is 38.5 Å². The number of thiophene rings is 1. The molecule has 2 aliphatic rings. The van der Waals surface area contributed by atoms with Crippen LogP contribution in [0.4, 0.5) is 0 Å². The molecule has 13 rings (SSSR count). The van der Waals surface area contributed by atoms with Gasteiger partial charge in [0.25, 0.3) is 0 Å². The van der Waals surface area contributed by atoms with Gasteiger partial charge in [0.15, 0.2) is 0 Å². The summed E-state index contributed by atoms with van der Waals surface area (Å²) >= 11 is 1.90. The van der Waals surface area contributed by atoms with Gasteiger partial charge in [-0.3, -0.25) is 0 Å². The highest BCUT2D eigenvalue weighted by Gasteiger charge is 2.38. The summed E-state index contributed by atoms with van der Waals surface area (Å²) in [5.74, 6) is 0. The normalized spacial score (nSPS) is 14.5. The molecule has 0 amide bonds. The minimum absolute atomic E-state index is 0.0825. The molecular formula is C60H42S. The summed E-state index contributed by atoms with van der Waals surface area (Å²) in [4.78, 5) is 0. The predicted octanol–water partition coefficient (Wildman–Crippen LogP) is 17.1. The van der Waals surface area contributed by atoms with E-state index in [1.807, 2.05) is 11.3 Å². The number of fused-ring (bicyclic) bond motifs is 12. The van der Waals surface area contributed by atoms with E-state index in [0.717, 1.165) is 0 Å². The van der Waals surface area contributed by atoms with Crippen molar-refractivity contribution in [3.63, 3.8) is 0 Å². The van der Waals surface area contributed by atoms with Crippen LogP contribution in [0.1, 0.15) is 49.9 Å². The summed E-state index contributed by atoms with van der Waals surface area (Å²) in [6.07, 6.45) is 0. The van der Waals surface area contributed by atoms with Gasteiger partial charge in [0.1, 0.15) is 0 Å². The van der Waals surface area contributed by atoms with Gasteiger partial charge in [0.05, 0.1) is 0 Å². The highest BCUT2D eigenvalue weighted by atomic mass is 32.1. The zero-order chi connectivity index (χ0) is 40.8. The Morgan fingerprint density at radius 1 is 0.295 bits per heavy atom. The number of benzene rings is 10. The lowest BCUT2D eigenvalue weighted by Crippen LogP contribution is -2.15. The molecule has 1 heteroatoms. The average molecular weight is 795 g/mol. The highest BCUT2D eigenvalue weighted by molar-refractivity contribution is 7.25. The maximum Gasteiger partial charge on any atom is 0.0361 e. The van der Waals surface area contributed by atoms with Gasteiger partial charge in [-0.15, -0.1) is 11.3 Å². The van der Waals surface area contributed by atoms with Crippen molar-refractivity contribution >= 4 is 63.8 Å². The minimum atomic E-state index is -0.172. The summed E-state index contributed by atoms with van der Waals surface area (Å²) in [6, 6.07) is 69.1. The van der Waals surface area contributed by atoms with Crippen molar-refractivity contribution in [1.29, 1.82) is 0 Å². The molecule has 11 aromatic rings. The Balaban J connectivity index is 0.916. The van der Waals surface area contributed by atoms with Gasteiger partial charge in [-0.2, -0.15) is 0 Å². The van der Waals surface area contributed by atoms with Crippen LogP contribution in [0.15, 0.2) is 182 Å². The van der Waals surface area contributed by atoms with Crippen LogP contribution in [0.25, 0.3) is 108 Å². The molecule has 0 unspecified atom stereocenters. The molecule has 0 spiro atoms. The van der Waals surface area contributed by atoms with Crippen molar-refractivity contribution < 1.29 is 0 Å². The zero-order valence-electron chi connectivity index (χ0n) is 34.7. The Hall–Kier alpha value is -6.80.